The summed E-state index contributed by atoms with van der Waals surface area (Å²) in [5.41, 5.74) is 5.06. The Morgan fingerprint density at radius 1 is 1.35 bits per heavy atom. The third-order valence-electron chi connectivity index (χ3n) is 3.84. The molecule has 1 aliphatic carbocycles. The van der Waals surface area contributed by atoms with Crippen molar-refractivity contribution < 1.29 is 14.6 Å². The van der Waals surface area contributed by atoms with Crippen molar-refractivity contribution in [3.8, 4) is 0 Å². The van der Waals surface area contributed by atoms with Crippen molar-refractivity contribution in [2.75, 3.05) is 19.8 Å². The van der Waals surface area contributed by atoms with Gasteiger partial charge in [-0.2, -0.15) is 0 Å². The lowest BCUT2D eigenvalue weighted by atomic mass is 9.85. The van der Waals surface area contributed by atoms with Crippen molar-refractivity contribution in [2.24, 2.45) is 11.7 Å². The number of carbonyl (C=O) groups excluding carboxylic acids is 1. The molecule has 0 aromatic heterocycles. The highest BCUT2D eigenvalue weighted by molar-refractivity contribution is 5.79. The SMILES string of the molecule is NC1COCC1C(=O)NCC1(O)CCCCC1. The third kappa shape index (κ3) is 3.18. The number of ether oxygens (including phenoxy) is 1. The van der Waals surface area contributed by atoms with Crippen LogP contribution in [0.25, 0.3) is 0 Å². The molecular formula is C12H22N2O3. The van der Waals surface area contributed by atoms with E-state index in [1.165, 1.54) is 6.42 Å². The Balaban J connectivity index is 1.79. The molecule has 0 aromatic rings. The molecule has 2 fully saturated rings. The summed E-state index contributed by atoms with van der Waals surface area (Å²) >= 11 is 0. The van der Waals surface area contributed by atoms with E-state index >= 15 is 0 Å². The van der Waals surface area contributed by atoms with Gasteiger partial charge < -0.3 is 20.9 Å². The molecule has 1 heterocycles. The number of carbonyl (C=O) groups is 1. The standard InChI is InChI=1S/C12H22N2O3/c13-10-7-17-6-9(10)11(15)14-8-12(16)4-2-1-3-5-12/h9-10,16H,1-8,13H2,(H,14,15). The van der Waals surface area contributed by atoms with Crippen LogP contribution in [0.3, 0.4) is 0 Å². The molecule has 0 bridgehead atoms. The van der Waals surface area contributed by atoms with E-state index < -0.39 is 5.60 Å². The summed E-state index contributed by atoms with van der Waals surface area (Å²) in [6.07, 6.45) is 4.81. The summed E-state index contributed by atoms with van der Waals surface area (Å²) in [5.74, 6) is -0.351. The Labute approximate surface area is 102 Å². The Bertz CT molecular complexity index is 277. The number of hydrogen-bond donors (Lipinski definition) is 3. The highest BCUT2D eigenvalue weighted by Crippen LogP contribution is 2.27. The summed E-state index contributed by atoms with van der Waals surface area (Å²) in [7, 11) is 0. The van der Waals surface area contributed by atoms with Gasteiger partial charge in [0.15, 0.2) is 0 Å². The summed E-state index contributed by atoms with van der Waals surface area (Å²) < 4.78 is 5.16. The van der Waals surface area contributed by atoms with Crippen molar-refractivity contribution in [1.82, 2.24) is 5.32 Å². The van der Waals surface area contributed by atoms with Gasteiger partial charge in [-0.15, -0.1) is 0 Å². The van der Waals surface area contributed by atoms with Crippen LogP contribution < -0.4 is 11.1 Å². The van der Waals surface area contributed by atoms with E-state index in [9.17, 15) is 9.90 Å². The van der Waals surface area contributed by atoms with Gasteiger partial charge in [-0.25, -0.2) is 0 Å². The molecule has 0 aromatic carbocycles. The fourth-order valence-electron chi connectivity index (χ4n) is 2.61. The Morgan fingerprint density at radius 2 is 2.06 bits per heavy atom. The van der Waals surface area contributed by atoms with E-state index in [1.807, 2.05) is 0 Å². The number of nitrogens with two attached hydrogens (primary N) is 1. The Kier molecular flexibility index (Phi) is 4.01. The summed E-state index contributed by atoms with van der Waals surface area (Å²) in [6.45, 7) is 1.18. The largest absolute Gasteiger partial charge is 0.388 e. The molecule has 2 aliphatic rings. The van der Waals surface area contributed by atoms with Crippen molar-refractivity contribution in [3.63, 3.8) is 0 Å². The van der Waals surface area contributed by atoms with Crippen molar-refractivity contribution in [3.05, 3.63) is 0 Å². The first-order valence-corrected chi connectivity index (χ1v) is 6.44. The predicted octanol–water partition coefficient (Wildman–Crippen LogP) is -0.228. The zero-order valence-electron chi connectivity index (χ0n) is 10.2. The predicted molar refractivity (Wildman–Crippen MR) is 63.3 cm³/mol. The van der Waals surface area contributed by atoms with Gasteiger partial charge in [-0.3, -0.25) is 4.79 Å². The fraction of sp³-hybridized carbons (Fsp3) is 0.917. The van der Waals surface area contributed by atoms with Gasteiger partial charge in [0.2, 0.25) is 5.91 Å². The summed E-state index contributed by atoms with van der Waals surface area (Å²) in [6, 6.07) is -0.212. The zero-order valence-corrected chi connectivity index (χ0v) is 10.2. The molecule has 1 saturated carbocycles. The van der Waals surface area contributed by atoms with Gasteiger partial charge in [0, 0.05) is 12.6 Å². The van der Waals surface area contributed by atoms with Crippen LogP contribution in [0.5, 0.6) is 0 Å². The fourth-order valence-corrected chi connectivity index (χ4v) is 2.61. The van der Waals surface area contributed by atoms with Gasteiger partial charge in [-0.05, 0) is 12.8 Å². The normalized spacial score (nSPS) is 32.4. The van der Waals surface area contributed by atoms with Gasteiger partial charge in [0.1, 0.15) is 0 Å². The highest BCUT2D eigenvalue weighted by atomic mass is 16.5. The minimum Gasteiger partial charge on any atom is -0.388 e. The number of amides is 1. The minimum absolute atomic E-state index is 0.0889. The summed E-state index contributed by atoms with van der Waals surface area (Å²) in [5, 5.41) is 13.1. The van der Waals surface area contributed by atoms with Crippen LogP contribution in [-0.4, -0.2) is 42.4 Å². The second-order valence-electron chi connectivity index (χ2n) is 5.31. The monoisotopic (exact) mass is 242 g/mol. The second-order valence-corrected chi connectivity index (χ2v) is 5.31. The maximum absolute atomic E-state index is 11.9. The van der Waals surface area contributed by atoms with Crippen LogP contribution >= 0.6 is 0 Å². The lowest BCUT2D eigenvalue weighted by Gasteiger charge is -2.32. The average molecular weight is 242 g/mol. The smallest absolute Gasteiger partial charge is 0.227 e. The molecule has 1 saturated heterocycles. The number of rotatable bonds is 3. The molecule has 2 unspecified atom stereocenters. The van der Waals surface area contributed by atoms with Crippen molar-refractivity contribution >= 4 is 5.91 Å². The maximum Gasteiger partial charge on any atom is 0.227 e. The first-order chi connectivity index (χ1) is 8.11. The number of aliphatic hydroxyl groups is 1. The number of hydrogen-bond acceptors (Lipinski definition) is 4. The van der Waals surface area contributed by atoms with Crippen LogP contribution in [0.4, 0.5) is 0 Å². The molecule has 17 heavy (non-hydrogen) atoms. The quantitative estimate of drug-likeness (QED) is 0.638. The topological polar surface area (TPSA) is 84.6 Å². The first kappa shape index (κ1) is 12.8. The molecule has 2 atom stereocenters. The molecule has 98 valence electrons. The van der Waals surface area contributed by atoms with E-state index in [0.29, 0.717) is 19.8 Å². The van der Waals surface area contributed by atoms with Crippen LogP contribution in [0.2, 0.25) is 0 Å². The Hall–Kier alpha value is -0.650. The van der Waals surface area contributed by atoms with Gasteiger partial charge in [0.25, 0.3) is 0 Å². The molecule has 5 nitrogen and oxygen atoms in total. The number of nitrogens with one attached hydrogen (secondary N) is 1. The van der Waals surface area contributed by atoms with E-state index in [0.717, 1.165) is 25.7 Å². The van der Waals surface area contributed by atoms with Crippen LogP contribution in [0.15, 0.2) is 0 Å². The highest BCUT2D eigenvalue weighted by Gasteiger charge is 2.34. The molecule has 1 amide bonds. The third-order valence-corrected chi connectivity index (χ3v) is 3.84. The average Bonchev–Trinajstić information content (AvgIpc) is 2.74. The zero-order chi connectivity index (χ0) is 12.3. The van der Waals surface area contributed by atoms with Gasteiger partial charge in [-0.1, -0.05) is 19.3 Å². The van der Waals surface area contributed by atoms with Crippen LogP contribution in [0.1, 0.15) is 32.1 Å². The minimum atomic E-state index is -0.711. The van der Waals surface area contributed by atoms with Gasteiger partial charge in [0.05, 0.1) is 24.7 Å². The van der Waals surface area contributed by atoms with Crippen molar-refractivity contribution in [1.29, 1.82) is 0 Å². The molecule has 1 aliphatic heterocycles. The summed E-state index contributed by atoms with van der Waals surface area (Å²) in [4.78, 5) is 11.9. The van der Waals surface area contributed by atoms with Crippen LogP contribution in [0, 0.1) is 5.92 Å². The molecule has 0 spiro atoms. The molecule has 2 rings (SSSR count). The van der Waals surface area contributed by atoms with E-state index in [1.54, 1.807) is 0 Å². The van der Waals surface area contributed by atoms with Crippen molar-refractivity contribution in [2.45, 2.75) is 43.7 Å². The van der Waals surface area contributed by atoms with Crippen LogP contribution in [-0.2, 0) is 9.53 Å². The second kappa shape index (κ2) is 5.33. The molecule has 0 radical (unpaired) electrons. The lowest BCUT2D eigenvalue weighted by molar-refractivity contribution is -0.126. The maximum atomic E-state index is 11.9. The molecule has 5 heteroatoms. The molecular weight excluding hydrogens is 220 g/mol. The van der Waals surface area contributed by atoms with E-state index in [-0.39, 0.29) is 17.9 Å². The van der Waals surface area contributed by atoms with Gasteiger partial charge >= 0.3 is 0 Å². The molecule has 4 N–H and O–H groups in total. The first-order valence-electron chi connectivity index (χ1n) is 6.44. The Morgan fingerprint density at radius 3 is 2.65 bits per heavy atom. The van der Waals surface area contributed by atoms with E-state index in [4.69, 9.17) is 10.5 Å². The van der Waals surface area contributed by atoms with E-state index in [2.05, 4.69) is 5.32 Å². The lowest BCUT2D eigenvalue weighted by Crippen LogP contribution is -2.48.